The smallest absolute Gasteiger partial charge is 0.0511 e. The van der Waals surface area contributed by atoms with Crippen molar-refractivity contribution in [3.05, 3.63) is 34.3 Å². The first-order valence-corrected chi connectivity index (χ1v) is 8.74. The van der Waals surface area contributed by atoms with Gasteiger partial charge in [-0.2, -0.15) is 11.8 Å². The van der Waals surface area contributed by atoms with Crippen molar-refractivity contribution in [3.63, 3.8) is 0 Å². The molecule has 1 saturated heterocycles. The molecule has 1 aliphatic rings. The predicted molar refractivity (Wildman–Crippen MR) is 88.6 cm³/mol. The number of hydrogen-bond acceptors (Lipinski definition) is 3. The van der Waals surface area contributed by atoms with Crippen LogP contribution in [0.25, 0.3) is 0 Å². The number of benzene rings is 1. The van der Waals surface area contributed by atoms with E-state index in [2.05, 4.69) is 77.6 Å². The number of thioether (sulfide) groups is 1. The largest absolute Gasteiger partial charge is 0.326 e. The molecule has 0 saturated carbocycles. The van der Waals surface area contributed by atoms with Crippen molar-refractivity contribution in [2.45, 2.75) is 44.1 Å². The molecule has 1 aromatic rings. The Morgan fingerprint density at radius 3 is 2.68 bits per heavy atom. The van der Waals surface area contributed by atoms with Gasteiger partial charge in [-0.1, -0.05) is 41.1 Å². The van der Waals surface area contributed by atoms with E-state index in [0.717, 1.165) is 11.0 Å². The van der Waals surface area contributed by atoms with E-state index < -0.39 is 0 Å². The zero-order valence-electron chi connectivity index (χ0n) is 11.8. The highest BCUT2D eigenvalue weighted by atomic mass is 79.9. The van der Waals surface area contributed by atoms with Crippen LogP contribution in [0.3, 0.4) is 0 Å². The highest BCUT2D eigenvalue weighted by molar-refractivity contribution is 9.10. The third kappa shape index (κ3) is 3.35. The molecule has 106 valence electrons. The summed E-state index contributed by atoms with van der Waals surface area (Å²) in [5.41, 5.74) is 7.62. The van der Waals surface area contributed by atoms with E-state index in [-0.39, 0.29) is 12.1 Å². The van der Waals surface area contributed by atoms with Crippen LogP contribution in [0.2, 0.25) is 0 Å². The lowest BCUT2D eigenvalue weighted by Gasteiger charge is -2.44. The first kappa shape index (κ1) is 15.4. The zero-order chi connectivity index (χ0) is 14.0. The van der Waals surface area contributed by atoms with E-state index in [4.69, 9.17) is 5.73 Å². The molecule has 1 aliphatic heterocycles. The molecule has 0 radical (unpaired) electrons. The number of hydrogen-bond donors (Lipinski definition) is 1. The molecule has 1 heterocycles. The molecule has 1 aromatic carbocycles. The highest BCUT2D eigenvalue weighted by Crippen LogP contribution is 2.35. The maximum absolute atomic E-state index is 6.31. The van der Waals surface area contributed by atoms with Crippen LogP contribution in [-0.4, -0.2) is 34.5 Å². The summed E-state index contributed by atoms with van der Waals surface area (Å²) < 4.78 is 1.16. The number of halogens is 1. The van der Waals surface area contributed by atoms with E-state index in [0.29, 0.717) is 11.3 Å². The molecule has 1 fully saturated rings. The van der Waals surface area contributed by atoms with Gasteiger partial charge in [0.1, 0.15) is 0 Å². The van der Waals surface area contributed by atoms with Gasteiger partial charge in [0.2, 0.25) is 0 Å². The van der Waals surface area contributed by atoms with E-state index in [1.807, 2.05) is 0 Å². The lowest BCUT2D eigenvalue weighted by atomic mass is 9.97. The molecule has 4 unspecified atom stereocenters. The minimum atomic E-state index is 0.122. The molecule has 2 N–H and O–H groups in total. The standard InChI is InChI=1S/C15H23BrN2S/c1-10(17)15(13-6-4-5-7-14(13)16)18-8-9-19-12(3)11(18)2/h4-7,10-12,15H,8-9,17H2,1-3H3. The summed E-state index contributed by atoms with van der Waals surface area (Å²) in [5, 5.41) is 0.664. The molecule has 2 rings (SSSR count). The van der Waals surface area contributed by atoms with Crippen LogP contribution in [0.4, 0.5) is 0 Å². The zero-order valence-corrected chi connectivity index (χ0v) is 14.2. The molecule has 0 bridgehead atoms. The summed E-state index contributed by atoms with van der Waals surface area (Å²) in [5.74, 6) is 1.19. The van der Waals surface area contributed by atoms with Gasteiger partial charge in [-0.05, 0) is 25.5 Å². The summed E-state index contributed by atoms with van der Waals surface area (Å²) >= 11 is 5.74. The van der Waals surface area contributed by atoms with Crippen molar-refractivity contribution >= 4 is 27.7 Å². The van der Waals surface area contributed by atoms with Crippen molar-refractivity contribution in [3.8, 4) is 0 Å². The van der Waals surface area contributed by atoms with Gasteiger partial charge in [-0.3, -0.25) is 4.90 Å². The van der Waals surface area contributed by atoms with Gasteiger partial charge >= 0.3 is 0 Å². The fourth-order valence-corrected chi connectivity index (χ4v) is 4.47. The molecule has 0 aromatic heterocycles. The van der Waals surface area contributed by atoms with Crippen molar-refractivity contribution in [1.82, 2.24) is 4.90 Å². The Morgan fingerprint density at radius 1 is 1.37 bits per heavy atom. The number of rotatable bonds is 3. The fraction of sp³-hybridized carbons (Fsp3) is 0.600. The summed E-state index contributed by atoms with van der Waals surface area (Å²) in [4.78, 5) is 2.58. The fourth-order valence-electron chi connectivity index (χ4n) is 2.83. The van der Waals surface area contributed by atoms with Gasteiger partial charge in [-0.15, -0.1) is 0 Å². The van der Waals surface area contributed by atoms with E-state index >= 15 is 0 Å². The highest BCUT2D eigenvalue weighted by Gasteiger charge is 2.34. The predicted octanol–water partition coefficient (Wildman–Crippen LogP) is 3.66. The summed E-state index contributed by atoms with van der Waals surface area (Å²) in [7, 11) is 0. The Kier molecular flexibility index (Phi) is 5.35. The molecular weight excluding hydrogens is 320 g/mol. The van der Waals surface area contributed by atoms with Crippen molar-refractivity contribution < 1.29 is 0 Å². The van der Waals surface area contributed by atoms with Crippen LogP contribution in [0.15, 0.2) is 28.7 Å². The van der Waals surface area contributed by atoms with Crippen LogP contribution in [0.1, 0.15) is 32.4 Å². The first-order chi connectivity index (χ1) is 9.02. The van der Waals surface area contributed by atoms with Crippen LogP contribution in [0.5, 0.6) is 0 Å². The first-order valence-electron chi connectivity index (χ1n) is 6.89. The topological polar surface area (TPSA) is 29.3 Å². The van der Waals surface area contributed by atoms with Crippen LogP contribution < -0.4 is 5.73 Å². The molecule has 0 spiro atoms. The normalized spacial score (nSPS) is 28.1. The lowest BCUT2D eigenvalue weighted by Crippen LogP contribution is -2.50. The van der Waals surface area contributed by atoms with Gasteiger partial charge in [-0.25, -0.2) is 0 Å². The maximum atomic E-state index is 6.31. The summed E-state index contributed by atoms with van der Waals surface area (Å²) in [6, 6.07) is 9.42. The van der Waals surface area contributed by atoms with Gasteiger partial charge in [0.05, 0.1) is 6.04 Å². The molecule has 19 heavy (non-hydrogen) atoms. The van der Waals surface area contributed by atoms with Crippen molar-refractivity contribution in [1.29, 1.82) is 0 Å². The summed E-state index contributed by atoms with van der Waals surface area (Å²) in [6.07, 6.45) is 0. The monoisotopic (exact) mass is 342 g/mol. The van der Waals surface area contributed by atoms with Crippen LogP contribution in [-0.2, 0) is 0 Å². The average Bonchev–Trinajstić information content (AvgIpc) is 2.37. The van der Waals surface area contributed by atoms with Gasteiger partial charge in [0, 0.05) is 34.1 Å². The average molecular weight is 343 g/mol. The Morgan fingerprint density at radius 2 is 2.05 bits per heavy atom. The Labute approximate surface area is 129 Å². The SMILES string of the molecule is CC(N)C(c1ccccc1Br)N1CCSC(C)C1C. The number of nitrogens with zero attached hydrogens (tertiary/aromatic N) is 1. The van der Waals surface area contributed by atoms with E-state index in [9.17, 15) is 0 Å². The van der Waals surface area contributed by atoms with Crippen molar-refractivity contribution in [2.24, 2.45) is 5.73 Å². The Hall–Kier alpha value is -0.0300. The van der Waals surface area contributed by atoms with E-state index in [1.165, 1.54) is 11.3 Å². The molecule has 2 nitrogen and oxygen atoms in total. The minimum Gasteiger partial charge on any atom is -0.326 e. The molecular formula is C15H23BrN2S. The van der Waals surface area contributed by atoms with Gasteiger partial charge in [0.15, 0.2) is 0 Å². The minimum absolute atomic E-state index is 0.122. The third-order valence-electron chi connectivity index (χ3n) is 4.01. The van der Waals surface area contributed by atoms with Gasteiger partial charge < -0.3 is 5.73 Å². The van der Waals surface area contributed by atoms with E-state index in [1.54, 1.807) is 0 Å². The third-order valence-corrected chi connectivity index (χ3v) is 6.07. The van der Waals surface area contributed by atoms with Crippen LogP contribution in [0, 0.1) is 0 Å². The van der Waals surface area contributed by atoms with Gasteiger partial charge in [0.25, 0.3) is 0 Å². The quantitative estimate of drug-likeness (QED) is 0.908. The lowest BCUT2D eigenvalue weighted by molar-refractivity contribution is 0.130. The second-order valence-corrected chi connectivity index (χ2v) is 7.72. The molecule has 0 aliphatic carbocycles. The summed E-state index contributed by atoms with van der Waals surface area (Å²) in [6.45, 7) is 7.87. The Balaban J connectivity index is 2.33. The molecule has 4 heteroatoms. The second-order valence-electron chi connectivity index (χ2n) is 5.38. The molecule has 4 atom stereocenters. The molecule has 0 amide bonds. The number of nitrogens with two attached hydrogens (primary N) is 1. The Bertz CT molecular complexity index is 424. The van der Waals surface area contributed by atoms with Crippen molar-refractivity contribution in [2.75, 3.05) is 12.3 Å². The maximum Gasteiger partial charge on any atom is 0.0511 e. The second kappa shape index (κ2) is 6.61. The van der Waals surface area contributed by atoms with Crippen LogP contribution >= 0.6 is 27.7 Å².